The van der Waals surface area contributed by atoms with Gasteiger partial charge in [-0.15, -0.1) is 11.3 Å². The molecule has 1 rings (SSSR count). The first-order valence-electron chi connectivity index (χ1n) is 3.89. The molecule has 1 aromatic rings. The zero-order chi connectivity index (χ0) is 9.84. The Labute approximate surface area is 80.2 Å². The average molecular weight is 200 g/mol. The third-order valence-electron chi connectivity index (χ3n) is 1.21. The molecule has 5 heteroatoms. The van der Waals surface area contributed by atoms with Gasteiger partial charge in [-0.2, -0.15) is 4.98 Å². The van der Waals surface area contributed by atoms with Crippen molar-refractivity contribution in [3.8, 4) is 5.88 Å². The van der Waals surface area contributed by atoms with Crippen LogP contribution in [0.15, 0.2) is 5.38 Å². The van der Waals surface area contributed by atoms with Crippen molar-refractivity contribution < 1.29 is 14.6 Å². The Hall–Kier alpha value is -1.10. The maximum atomic E-state index is 11.1. The van der Waals surface area contributed by atoms with Crippen LogP contribution in [0.2, 0.25) is 0 Å². The van der Waals surface area contributed by atoms with E-state index in [2.05, 4.69) is 4.98 Å². The van der Waals surface area contributed by atoms with Gasteiger partial charge in [0, 0.05) is 0 Å². The summed E-state index contributed by atoms with van der Waals surface area (Å²) in [6.07, 6.45) is 0. The number of rotatable bonds is 3. The maximum absolute atomic E-state index is 11.1. The SMILES string of the molecule is CC(C)COC(=O)c1nc([O])cs1. The Bertz CT molecular complexity index is 295. The number of nitrogens with zero attached hydrogens (tertiary/aromatic N) is 1. The topological polar surface area (TPSA) is 59.1 Å². The number of carbonyl (C=O) groups excluding carboxylic acids is 1. The summed E-state index contributed by atoms with van der Waals surface area (Å²) in [6.45, 7) is 4.23. The number of aromatic nitrogens is 1. The summed E-state index contributed by atoms with van der Waals surface area (Å²) >= 11 is 1.01. The molecule has 13 heavy (non-hydrogen) atoms. The highest BCUT2D eigenvalue weighted by Gasteiger charge is 2.13. The molecule has 1 heterocycles. The summed E-state index contributed by atoms with van der Waals surface area (Å²) < 4.78 is 4.87. The summed E-state index contributed by atoms with van der Waals surface area (Å²) in [5.74, 6) is -0.613. The molecule has 0 aliphatic heterocycles. The Morgan fingerprint density at radius 1 is 1.69 bits per heavy atom. The van der Waals surface area contributed by atoms with Gasteiger partial charge in [0.2, 0.25) is 5.01 Å². The van der Waals surface area contributed by atoms with E-state index < -0.39 is 5.97 Å². The van der Waals surface area contributed by atoms with Gasteiger partial charge in [-0.05, 0) is 5.92 Å². The van der Waals surface area contributed by atoms with Crippen LogP contribution < -0.4 is 0 Å². The van der Waals surface area contributed by atoms with Crippen LogP contribution in [-0.2, 0) is 9.84 Å². The van der Waals surface area contributed by atoms with E-state index in [1.165, 1.54) is 5.38 Å². The first-order chi connectivity index (χ1) is 6.09. The number of thiazole rings is 1. The van der Waals surface area contributed by atoms with E-state index in [0.29, 0.717) is 6.61 Å². The molecule has 0 fully saturated rings. The summed E-state index contributed by atoms with van der Waals surface area (Å²) in [5, 5.41) is 12.0. The molecule has 0 bridgehead atoms. The minimum Gasteiger partial charge on any atom is -0.460 e. The summed E-state index contributed by atoms with van der Waals surface area (Å²) in [5.41, 5.74) is 0. The molecule has 1 aromatic heterocycles. The minimum atomic E-state index is -0.513. The third-order valence-corrected chi connectivity index (χ3v) is 2.01. The van der Waals surface area contributed by atoms with Gasteiger partial charge in [-0.25, -0.2) is 4.79 Å². The second-order valence-electron chi connectivity index (χ2n) is 2.98. The Balaban J connectivity index is 2.49. The molecule has 1 radical (unpaired) electrons. The van der Waals surface area contributed by atoms with Crippen LogP contribution in [0.4, 0.5) is 0 Å². The molecular weight excluding hydrogens is 190 g/mol. The molecule has 0 unspecified atom stereocenters. The zero-order valence-electron chi connectivity index (χ0n) is 7.44. The number of carbonyl (C=O) groups is 1. The molecule has 4 nitrogen and oxygen atoms in total. The van der Waals surface area contributed by atoms with Crippen LogP contribution in [0.5, 0.6) is 5.88 Å². The molecule has 0 saturated heterocycles. The average Bonchev–Trinajstić information content (AvgIpc) is 2.47. The molecule has 71 valence electrons. The van der Waals surface area contributed by atoms with Gasteiger partial charge in [0.05, 0.1) is 12.0 Å². The summed E-state index contributed by atoms with van der Waals surface area (Å²) in [7, 11) is 0. The number of hydrogen-bond acceptors (Lipinski definition) is 4. The highest BCUT2D eigenvalue weighted by molar-refractivity contribution is 7.11. The molecule has 0 aromatic carbocycles. The van der Waals surface area contributed by atoms with Crippen LogP contribution in [0, 0.1) is 5.92 Å². The number of hydrogen-bond donors (Lipinski definition) is 0. The van der Waals surface area contributed by atoms with Crippen molar-refractivity contribution in [2.45, 2.75) is 13.8 Å². The quantitative estimate of drug-likeness (QED) is 0.702. The van der Waals surface area contributed by atoms with Gasteiger partial charge < -0.3 is 4.74 Å². The van der Waals surface area contributed by atoms with Crippen molar-refractivity contribution in [3.05, 3.63) is 10.4 Å². The van der Waals surface area contributed by atoms with E-state index in [9.17, 15) is 9.90 Å². The monoisotopic (exact) mass is 200 g/mol. The Morgan fingerprint density at radius 3 is 2.85 bits per heavy atom. The molecule has 0 atom stereocenters. The van der Waals surface area contributed by atoms with Gasteiger partial charge >= 0.3 is 5.97 Å². The first kappa shape index (κ1) is 9.98. The summed E-state index contributed by atoms with van der Waals surface area (Å²) in [4.78, 5) is 14.6. The van der Waals surface area contributed by atoms with Gasteiger partial charge in [0.15, 0.2) is 0 Å². The van der Waals surface area contributed by atoms with Crippen LogP contribution in [0.1, 0.15) is 23.6 Å². The first-order valence-corrected chi connectivity index (χ1v) is 4.77. The second kappa shape index (κ2) is 4.23. The summed E-state index contributed by atoms with van der Waals surface area (Å²) in [6, 6.07) is 0. The van der Waals surface area contributed by atoms with Crippen LogP contribution in [0.25, 0.3) is 0 Å². The van der Waals surface area contributed by atoms with Crippen LogP contribution >= 0.6 is 11.3 Å². The minimum absolute atomic E-state index is 0.130. The van der Waals surface area contributed by atoms with E-state index in [1.807, 2.05) is 13.8 Å². The highest BCUT2D eigenvalue weighted by atomic mass is 32.1. The lowest BCUT2D eigenvalue weighted by molar-refractivity contribution is 0.0457. The number of esters is 1. The van der Waals surface area contributed by atoms with Crippen molar-refractivity contribution in [1.82, 2.24) is 4.98 Å². The van der Waals surface area contributed by atoms with Crippen molar-refractivity contribution in [2.24, 2.45) is 5.92 Å². The lowest BCUT2D eigenvalue weighted by atomic mass is 10.2. The van der Waals surface area contributed by atoms with Gasteiger partial charge in [0.25, 0.3) is 5.88 Å². The normalized spacial score (nSPS) is 10.4. The van der Waals surface area contributed by atoms with Gasteiger partial charge in [0.1, 0.15) is 0 Å². The largest absolute Gasteiger partial charge is 0.460 e. The van der Waals surface area contributed by atoms with E-state index in [1.54, 1.807) is 0 Å². The van der Waals surface area contributed by atoms with E-state index in [4.69, 9.17) is 4.74 Å². The van der Waals surface area contributed by atoms with Crippen molar-refractivity contribution in [3.63, 3.8) is 0 Å². The van der Waals surface area contributed by atoms with E-state index in [-0.39, 0.29) is 16.8 Å². The van der Waals surface area contributed by atoms with Gasteiger partial charge in [-0.1, -0.05) is 13.8 Å². The fraction of sp³-hybridized carbons (Fsp3) is 0.500. The zero-order valence-corrected chi connectivity index (χ0v) is 8.26. The van der Waals surface area contributed by atoms with Crippen molar-refractivity contribution in [2.75, 3.05) is 6.61 Å². The number of ether oxygens (including phenoxy) is 1. The van der Waals surface area contributed by atoms with E-state index >= 15 is 0 Å². The standard InChI is InChI=1S/C8H10NO3S/c1-5(2)3-12-8(11)7-9-6(10)4-13-7/h4-5H,3H2,1-2H3. The lowest BCUT2D eigenvalue weighted by Crippen LogP contribution is -2.09. The van der Waals surface area contributed by atoms with E-state index in [0.717, 1.165) is 11.3 Å². The Kier molecular flexibility index (Phi) is 3.25. The maximum Gasteiger partial charge on any atom is 0.367 e. The van der Waals surface area contributed by atoms with Gasteiger partial charge in [-0.3, -0.25) is 5.11 Å². The van der Waals surface area contributed by atoms with Crippen molar-refractivity contribution in [1.29, 1.82) is 0 Å². The predicted octanol–water partition coefficient (Wildman–Crippen LogP) is 2.10. The molecule has 0 saturated carbocycles. The molecular formula is C8H10NO3S. The predicted molar refractivity (Wildman–Crippen MR) is 47.4 cm³/mol. The van der Waals surface area contributed by atoms with Crippen LogP contribution in [0.3, 0.4) is 0 Å². The molecule has 0 aliphatic carbocycles. The second-order valence-corrected chi connectivity index (χ2v) is 3.84. The highest BCUT2D eigenvalue weighted by Crippen LogP contribution is 2.16. The molecule has 0 spiro atoms. The van der Waals surface area contributed by atoms with Crippen LogP contribution in [-0.4, -0.2) is 17.6 Å². The third kappa shape index (κ3) is 3.02. The molecule has 0 N–H and O–H groups in total. The smallest absolute Gasteiger partial charge is 0.367 e. The molecule has 0 amide bonds. The lowest BCUT2D eigenvalue weighted by Gasteiger charge is -2.04. The fourth-order valence-electron chi connectivity index (χ4n) is 0.657. The fourth-order valence-corrected chi connectivity index (χ4v) is 1.22. The van der Waals surface area contributed by atoms with Crippen molar-refractivity contribution >= 4 is 17.3 Å². The Morgan fingerprint density at radius 2 is 2.38 bits per heavy atom. The molecule has 0 aliphatic rings.